The average molecular weight is 347 g/mol. The Kier molecular flexibility index (Phi) is 5.31. The highest BCUT2D eigenvalue weighted by atomic mass is 16.5. The summed E-state index contributed by atoms with van der Waals surface area (Å²) in [7, 11) is 3.14. The first-order valence-corrected chi connectivity index (χ1v) is 8.69. The van der Waals surface area contributed by atoms with Crippen molar-refractivity contribution in [3.63, 3.8) is 0 Å². The van der Waals surface area contributed by atoms with Crippen LogP contribution >= 0.6 is 0 Å². The van der Waals surface area contributed by atoms with E-state index in [1.807, 2.05) is 0 Å². The molecule has 2 N–H and O–H groups in total. The second kappa shape index (κ2) is 7.63. The minimum Gasteiger partial charge on any atom is -0.497 e. The molecule has 1 saturated carbocycles. The van der Waals surface area contributed by atoms with Crippen LogP contribution in [0.15, 0.2) is 18.2 Å². The maximum absolute atomic E-state index is 12.5. The van der Waals surface area contributed by atoms with Crippen molar-refractivity contribution in [2.75, 3.05) is 32.6 Å². The number of likely N-dealkylation sites (tertiary alicyclic amines) is 1. The van der Waals surface area contributed by atoms with Crippen LogP contribution in [0.2, 0.25) is 0 Å². The zero-order valence-corrected chi connectivity index (χ0v) is 14.7. The predicted molar refractivity (Wildman–Crippen MR) is 94.0 cm³/mol. The second-order valence-corrected chi connectivity index (χ2v) is 6.54. The molecule has 1 aromatic rings. The molecule has 1 saturated heterocycles. The van der Waals surface area contributed by atoms with Crippen LogP contribution in [0.4, 0.5) is 10.5 Å². The van der Waals surface area contributed by atoms with E-state index in [9.17, 15) is 9.59 Å². The first-order valence-electron chi connectivity index (χ1n) is 8.69. The normalized spacial score (nSPS) is 17.8. The number of carbonyl (C=O) groups is 2. The van der Waals surface area contributed by atoms with Gasteiger partial charge in [0, 0.05) is 31.1 Å². The molecule has 136 valence electrons. The Balaban J connectivity index is 1.53. The average Bonchev–Trinajstić information content (AvgIpc) is 3.46. The number of hydrogen-bond acceptors (Lipinski definition) is 4. The number of urea groups is 1. The first-order chi connectivity index (χ1) is 12.1. The molecule has 3 rings (SSSR count). The lowest BCUT2D eigenvalue weighted by Crippen LogP contribution is -2.46. The smallest absolute Gasteiger partial charge is 0.317 e. The van der Waals surface area contributed by atoms with Crippen molar-refractivity contribution >= 4 is 17.6 Å². The van der Waals surface area contributed by atoms with Gasteiger partial charge < -0.3 is 25.0 Å². The van der Waals surface area contributed by atoms with Crippen molar-refractivity contribution in [1.29, 1.82) is 0 Å². The number of methoxy groups -OCH3 is 2. The van der Waals surface area contributed by atoms with Crippen molar-refractivity contribution in [2.45, 2.75) is 31.7 Å². The molecule has 0 spiro atoms. The van der Waals surface area contributed by atoms with Gasteiger partial charge in [-0.1, -0.05) is 0 Å². The molecular formula is C18H25N3O4. The summed E-state index contributed by atoms with van der Waals surface area (Å²) < 4.78 is 10.5. The van der Waals surface area contributed by atoms with Crippen molar-refractivity contribution in [3.8, 4) is 11.5 Å². The minimum absolute atomic E-state index is 0.00168. The lowest BCUT2D eigenvalue weighted by molar-refractivity contribution is -0.121. The molecule has 2 fully saturated rings. The summed E-state index contributed by atoms with van der Waals surface area (Å²) >= 11 is 0. The lowest BCUT2D eigenvalue weighted by atomic mass is 9.96. The molecule has 25 heavy (non-hydrogen) atoms. The predicted octanol–water partition coefficient (Wildman–Crippen LogP) is 2.23. The van der Waals surface area contributed by atoms with Crippen LogP contribution in [0.3, 0.4) is 0 Å². The van der Waals surface area contributed by atoms with Gasteiger partial charge in [-0.15, -0.1) is 0 Å². The van der Waals surface area contributed by atoms with Gasteiger partial charge in [-0.3, -0.25) is 4.79 Å². The third-order valence-electron chi connectivity index (χ3n) is 4.72. The van der Waals surface area contributed by atoms with Crippen LogP contribution in [-0.2, 0) is 4.79 Å². The lowest BCUT2D eigenvalue weighted by Gasteiger charge is -2.31. The van der Waals surface area contributed by atoms with Crippen molar-refractivity contribution < 1.29 is 19.1 Å². The number of hydrogen-bond donors (Lipinski definition) is 2. The van der Waals surface area contributed by atoms with Crippen LogP contribution in [-0.4, -0.2) is 50.2 Å². The van der Waals surface area contributed by atoms with Gasteiger partial charge in [-0.2, -0.15) is 0 Å². The molecule has 1 aliphatic carbocycles. The van der Waals surface area contributed by atoms with Crippen molar-refractivity contribution in [3.05, 3.63) is 18.2 Å². The van der Waals surface area contributed by atoms with Crippen LogP contribution in [0, 0.1) is 5.92 Å². The highest BCUT2D eigenvalue weighted by molar-refractivity contribution is 5.94. The summed E-state index contributed by atoms with van der Waals surface area (Å²) in [5.41, 5.74) is 0.627. The van der Waals surface area contributed by atoms with Crippen molar-refractivity contribution in [2.24, 2.45) is 5.92 Å². The number of nitrogens with one attached hydrogen (secondary N) is 2. The highest BCUT2D eigenvalue weighted by Gasteiger charge is 2.30. The van der Waals surface area contributed by atoms with Crippen LogP contribution in [0.25, 0.3) is 0 Å². The summed E-state index contributed by atoms with van der Waals surface area (Å²) in [4.78, 5) is 26.4. The van der Waals surface area contributed by atoms with E-state index < -0.39 is 0 Å². The number of rotatable bonds is 5. The van der Waals surface area contributed by atoms with Crippen LogP contribution in [0.1, 0.15) is 25.7 Å². The molecule has 7 nitrogen and oxygen atoms in total. The van der Waals surface area contributed by atoms with Gasteiger partial charge in [0.15, 0.2) is 0 Å². The number of carbonyl (C=O) groups excluding carboxylic acids is 2. The fourth-order valence-electron chi connectivity index (χ4n) is 2.97. The Morgan fingerprint density at radius 1 is 1.08 bits per heavy atom. The minimum atomic E-state index is -0.100. The Morgan fingerprint density at radius 3 is 2.40 bits per heavy atom. The van der Waals surface area contributed by atoms with Gasteiger partial charge in [-0.25, -0.2) is 4.79 Å². The van der Waals surface area contributed by atoms with E-state index in [0.29, 0.717) is 49.2 Å². The van der Waals surface area contributed by atoms with E-state index in [-0.39, 0.29) is 17.9 Å². The highest BCUT2D eigenvalue weighted by Crippen LogP contribution is 2.30. The topological polar surface area (TPSA) is 79.9 Å². The fourth-order valence-corrected chi connectivity index (χ4v) is 2.97. The zero-order valence-electron chi connectivity index (χ0n) is 14.7. The summed E-state index contributed by atoms with van der Waals surface area (Å²) in [5, 5.41) is 5.92. The number of piperidine rings is 1. The Morgan fingerprint density at radius 2 is 1.80 bits per heavy atom. The number of ether oxygens (including phenoxy) is 2. The monoisotopic (exact) mass is 347 g/mol. The number of benzene rings is 1. The maximum atomic E-state index is 12.5. The molecule has 3 amide bonds. The summed E-state index contributed by atoms with van der Waals surface area (Å²) in [6.45, 7) is 1.22. The van der Waals surface area contributed by atoms with E-state index in [4.69, 9.17) is 9.47 Å². The van der Waals surface area contributed by atoms with Crippen LogP contribution < -0.4 is 20.1 Å². The fraction of sp³-hybridized carbons (Fsp3) is 0.556. The van der Waals surface area contributed by atoms with E-state index >= 15 is 0 Å². The Bertz CT molecular complexity index is 637. The molecule has 0 aromatic heterocycles. The molecule has 1 aromatic carbocycles. The van der Waals surface area contributed by atoms with Gasteiger partial charge in [0.05, 0.1) is 19.9 Å². The SMILES string of the molecule is COc1ccc(NC(=O)C2CCN(C(=O)NC3CC3)CC2)c(OC)c1. The number of anilines is 1. The van der Waals surface area contributed by atoms with E-state index in [1.165, 1.54) is 0 Å². The molecule has 1 heterocycles. The first kappa shape index (κ1) is 17.4. The molecule has 7 heteroatoms. The van der Waals surface area contributed by atoms with Crippen LogP contribution in [0.5, 0.6) is 11.5 Å². The van der Waals surface area contributed by atoms with Gasteiger partial charge in [0.1, 0.15) is 11.5 Å². The molecule has 0 atom stereocenters. The molecular weight excluding hydrogens is 322 g/mol. The molecule has 1 aliphatic heterocycles. The zero-order chi connectivity index (χ0) is 17.8. The largest absolute Gasteiger partial charge is 0.497 e. The summed E-state index contributed by atoms with van der Waals surface area (Å²) in [5.74, 6) is 1.10. The third kappa shape index (κ3) is 4.35. The summed E-state index contributed by atoms with van der Waals surface area (Å²) in [6.07, 6.45) is 3.49. The molecule has 0 bridgehead atoms. The third-order valence-corrected chi connectivity index (χ3v) is 4.72. The summed E-state index contributed by atoms with van der Waals surface area (Å²) in [6, 6.07) is 5.64. The number of amides is 3. The quantitative estimate of drug-likeness (QED) is 0.856. The Labute approximate surface area is 147 Å². The second-order valence-electron chi connectivity index (χ2n) is 6.54. The maximum Gasteiger partial charge on any atom is 0.317 e. The van der Waals surface area contributed by atoms with Gasteiger partial charge in [-0.05, 0) is 37.8 Å². The van der Waals surface area contributed by atoms with E-state index in [1.54, 1.807) is 37.3 Å². The van der Waals surface area contributed by atoms with Gasteiger partial charge in [0.2, 0.25) is 5.91 Å². The van der Waals surface area contributed by atoms with Gasteiger partial charge >= 0.3 is 6.03 Å². The van der Waals surface area contributed by atoms with E-state index in [2.05, 4.69) is 10.6 Å². The number of nitrogens with zero attached hydrogens (tertiary/aromatic N) is 1. The molecule has 2 aliphatic rings. The van der Waals surface area contributed by atoms with Gasteiger partial charge in [0.25, 0.3) is 0 Å². The molecule has 0 unspecified atom stereocenters. The Hall–Kier alpha value is -2.44. The van der Waals surface area contributed by atoms with E-state index in [0.717, 1.165) is 12.8 Å². The van der Waals surface area contributed by atoms with Crippen molar-refractivity contribution in [1.82, 2.24) is 10.2 Å². The molecule has 0 radical (unpaired) electrons. The standard InChI is InChI=1S/C18H25N3O4/c1-24-14-5-6-15(16(11-14)25-2)20-17(22)12-7-9-21(10-8-12)18(23)19-13-3-4-13/h5-6,11-13H,3-4,7-10H2,1-2H3,(H,19,23)(H,20,22).